The molecule has 2 aromatic heterocycles. The lowest BCUT2D eigenvalue weighted by Gasteiger charge is -2.13. The largest absolute Gasteiger partial charge is 0.494 e. The van der Waals surface area contributed by atoms with Crippen LogP contribution in [0.2, 0.25) is 0 Å². The van der Waals surface area contributed by atoms with Crippen LogP contribution in [0.4, 0.5) is 23.2 Å². The van der Waals surface area contributed by atoms with Gasteiger partial charge in [0, 0.05) is 18.5 Å². The van der Waals surface area contributed by atoms with Crippen LogP contribution in [-0.2, 0) is 11.2 Å². The number of imidazole rings is 1. The summed E-state index contributed by atoms with van der Waals surface area (Å²) < 4.78 is 59.2. The number of methoxy groups -OCH3 is 1. The van der Waals surface area contributed by atoms with Gasteiger partial charge in [-0.25, -0.2) is 13.9 Å². The van der Waals surface area contributed by atoms with Crippen LogP contribution in [0.1, 0.15) is 47.6 Å². The fraction of sp³-hybridized carbons (Fsp3) is 0.321. The summed E-state index contributed by atoms with van der Waals surface area (Å²) in [6, 6.07) is 12.6. The molecule has 2 heterocycles. The third kappa shape index (κ3) is 6.84. The Bertz CT molecular complexity index is 1460. The predicted octanol–water partition coefficient (Wildman–Crippen LogP) is 5.79. The van der Waals surface area contributed by atoms with Gasteiger partial charge in [0.15, 0.2) is 17.2 Å². The Hall–Kier alpha value is -4.15. The van der Waals surface area contributed by atoms with E-state index < -0.39 is 18.4 Å². The number of aryl methyl sites for hydroxylation is 1. The number of halogens is 4. The van der Waals surface area contributed by atoms with Crippen LogP contribution in [0, 0.1) is 12.7 Å². The van der Waals surface area contributed by atoms with Crippen molar-refractivity contribution in [2.75, 3.05) is 19.0 Å². The van der Waals surface area contributed by atoms with Crippen molar-refractivity contribution >= 4 is 17.7 Å². The maximum Gasteiger partial charge on any atom is 0.390 e. The number of nitrogens with two attached hydrogens (primary N) is 1. The van der Waals surface area contributed by atoms with Gasteiger partial charge >= 0.3 is 6.18 Å². The minimum atomic E-state index is -4.28. The van der Waals surface area contributed by atoms with Gasteiger partial charge in [0.05, 0.1) is 36.8 Å². The number of primary amides is 1. The number of anilines is 1. The summed E-state index contributed by atoms with van der Waals surface area (Å²) in [6.07, 6.45) is -0.627. The predicted molar refractivity (Wildman–Crippen MR) is 140 cm³/mol. The molecule has 1 aliphatic rings. The summed E-state index contributed by atoms with van der Waals surface area (Å²) in [7, 11) is 1.39. The Morgan fingerprint density at radius 3 is 2.54 bits per heavy atom. The van der Waals surface area contributed by atoms with E-state index in [0.29, 0.717) is 28.5 Å². The molecule has 2 aromatic carbocycles. The summed E-state index contributed by atoms with van der Waals surface area (Å²) >= 11 is 0. The molecule has 0 atom stereocenters. The molecule has 0 aliphatic heterocycles. The molecule has 206 valence electrons. The van der Waals surface area contributed by atoms with Gasteiger partial charge in [0.2, 0.25) is 6.41 Å². The Morgan fingerprint density at radius 1 is 1.18 bits per heavy atom. The highest BCUT2D eigenvalue weighted by Crippen LogP contribution is 2.42. The molecule has 11 heteroatoms. The van der Waals surface area contributed by atoms with E-state index in [4.69, 9.17) is 14.6 Å². The molecule has 7 nitrogen and oxygen atoms in total. The lowest BCUT2D eigenvalue weighted by atomic mass is 10.0. The van der Waals surface area contributed by atoms with Crippen molar-refractivity contribution in [3.05, 3.63) is 76.9 Å². The molecular formula is C28H29F4N5O2. The number of alkyl halides is 3. The number of rotatable bonds is 8. The Labute approximate surface area is 223 Å². The third-order valence-electron chi connectivity index (χ3n) is 6.43. The second-order valence-corrected chi connectivity index (χ2v) is 9.35. The van der Waals surface area contributed by atoms with Crippen LogP contribution in [0.15, 0.2) is 48.7 Å². The van der Waals surface area contributed by atoms with E-state index in [9.17, 15) is 17.6 Å². The maximum absolute atomic E-state index is 14.3. The molecule has 1 saturated carbocycles. The number of carbonyl (C=O) groups excluding carboxylic acids is 1. The van der Waals surface area contributed by atoms with Crippen LogP contribution >= 0.6 is 0 Å². The van der Waals surface area contributed by atoms with Gasteiger partial charge < -0.3 is 15.8 Å². The average molecular weight is 544 g/mol. The summed E-state index contributed by atoms with van der Waals surface area (Å²) in [4.78, 5) is 13.1. The number of fused-ring (bicyclic) bond motifs is 1. The minimum absolute atomic E-state index is 0.138. The van der Waals surface area contributed by atoms with Gasteiger partial charge in [0.25, 0.3) is 0 Å². The third-order valence-corrected chi connectivity index (χ3v) is 6.43. The lowest BCUT2D eigenvalue weighted by molar-refractivity contribution is -0.131. The first-order chi connectivity index (χ1) is 18.6. The van der Waals surface area contributed by atoms with Crippen molar-refractivity contribution in [3.8, 4) is 17.0 Å². The highest BCUT2D eigenvalue weighted by molar-refractivity contribution is 5.73. The minimum Gasteiger partial charge on any atom is -0.494 e. The van der Waals surface area contributed by atoms with E-state index in [-0.39, 0.29) is 25.1 Å². The molecule has 3 N–H and O–H groups in total. The number of hydrogen-bond donors (Lipinski definition) is 2. The lowest BCUT2D eigenvalue weighted by Crippen LogP contribution is -2.15. The molecule has 0 saturated heterocycles. The van der Waals surface area contributed by atoms with E-state index >= 15 is 0 Å². The van der Waals surface area contributed by atoms with Crippen molar-refractivity contribution < 1.29 is 27.1 Å². The smallest absolute Gasteiger partial charge is 0.390 e. The zero-order valence-electron chi connectivity index (χ0n) is 21.6. The maximum atomic E-state index is 14.3. The average Bonchev–Trinajstić information content (AvgIpc) is 3.62. The van der Waals surface area contributed by atoms with Crippen LogP contribution in [0.3, 0.4) is 0 Å². The van der Waals surface area contributed by atoms with Crippen LogP contribution in [0.5, 0.6) is 5.75 Å². The van der Waals surface area contributed by atoms with Gasteiger partial charge in [0.1, 0.15) is 0 Å². The van der Waals surface area contributed by atoms with Crippen molar-refractivity contribution in [3.63, 3.8) is 0 Å². The van der Waals surface area contributed by atoms with E-state index in [0.717, 1.165) is 11.3 Å². The van der Waals surface area contributed by atoms with Gasteiger partial charge in [-0.05, 0) is 66.6 Å². The molecule has 39 heavy (non-hydrogen) atoms. The van der Waals surface area contributed by atoms with E-state index in [2.05, 4.69) is 35.1 Å². The van der Waals surface area contributed by atoms with Gasteiger partial charge in [-0.2, -0.15) is 18.3 Å². The fourth-order valence-electron chi connectivity index (χ4n) is 4.49. The van der Waals surface area contributed by atoms with E-state index in [1.54, 1.807) is 28.9 Å². The first-order valence-corrected chi connectivity index (χ1v) is 12.4. The van der Waals surface area contributed by atoms with Crippen molar-refractivity contribution in [1.82, 2.24) is 14.6 Å². The molecule has 1 fully saturated rings. The molecule has 4 aromatic rings. The highest BCUT2D eigenvalue weighted by atomic mass is 19.4. The Morgan fingerprint density at radius 2 is 1.92 bits per heavy atom. The van der Waals surface area contributed by atoms with E-state index in [1.165, 1.54) is 37.1 Å². The quantitative estimate of drug-likeness (QED) is 0.217. The molecule has 5 rings (SSSR count). The van der Waals surface area contributed by atoms with Gasteiger partial charge in [-0.1, -0.05) is 18.2 Å². The summed E-state index contributed by atoms with van der Waals surface area (Å²) in [6.45, 7) is 1.79. The fourth-order valence-corrected chi connectivity index (χ4v) is 4.49. The van der Waals surface area contributed by atoms with Crippen LogP contribution in [0.25, 0.3) is 16.9 Å². The highest BCUT2D eigenvalue weighted by Gasteiger charge is 2.27. The molecule has 0 unspecified atom stereocenters. The first kappa shape index (κ1) is 27.9. The van der Waals surface area contributed by atoms with Crippen molar-refractivity contribution in [1.29, 1.82) is 0 Å². The normalized spacial score (nSPS) is 13.1. The second kappa shape index (κ2) is 11.7. The summed E-state index contributed by atoms with van der Waals surface area (Å²) in [5, 5.41) is 7.61. The number of carbonyl (C=O) groups is 1. The van der Waals surface area contributed by atoms with Crippen LogP contribution < -0.4 is 15.8 Å². The van der Waals surface area contributed by atoms with Crippen molar-refractivity contribution in [2.45, 2.75) is 44.7 Å². The zero-order valence-corrected chi connectivity index (χ0v) is 21.6. The molecular weight excluding hydrogens is 514 g/mol. The Kier molecular flexibility index (Phi) is 8.37. The standard InChI is InChI=1S/C27H26F4N4O.CH3NO/c1-16-11-19(6-7-21(16)18-4-5-18)24-15-33-26-23(32-10-9-27(29,30)31)14-20(34-35(24)26)12-17-3-8-25(36-2)22(28)13-17;2-1-3/h3,6-8,11,13-15,18,32H,4-5,9-10,12H2,1-2H3;1H,(H2,2,3). The first-order valence-electron chi connectivity index (χ1n) is 12.4. The molecule has 1 amide bonds. The summed E-state index contributed by atoms with van der Waals surface area (Å²) in [5.41, 5.74) is 10.5. The topological polar surface area (TPSA) is 94.5 Å². The van der Waals surface area contributed by atoms with E-state index in [1.807, 2.05) is 6.07 Å². The Balaban J connectivity index is 0.00000112. The number of amides is 1. The number of aromatic nitrogens is 3. The number of nitrogens with zero attached hydrogens (tertiary/aromatic N) is 3. The van der Waals surface area contributed by atoms with Crippen LogP contribution in [-0.4, -0.2) is 40.8 Å². The number of hydrogen-bond acceptors (Lipinski definition) is 5. The molecule has 0 spiro atoms. The zero-order chi connectivity index (χ0) is 28.2. The molecule has 0 bridgehead atoms. The number of ether oxygens (including phenoxy) is 1. The van der Waals surface area contributed by atoms with Crippen molar-refractivity contribution in [2.24, 2.45) is 5.73 Å². The monoisotopic (exact) mass is 543 g/mol. The SMILES string of the molecule is COc1ccc(Cc2cc(NCCC(F)(F)F)c3ncc(-c4ccc(C5CC5)c(C)c4)n3n2)cc1F.NC=O. The number of nitrogens with one attached hydrogen (secondary N) is 1. The summed E-state index contributed by atoms with van der Waals surface area (Å²) in [5.74, 6) is 0.271. The molecule has 1 aliphatic carbocycles. The van der Waals surface area contributed by atoms with Gasteiger partial charge in [-0.3, -0.25) is 4.79 Å². The molecule has 0 radical (unpaired) electrons. The number of benzene rings is 2. The van der Waals surface area contributed by atoms with Gasteiger partial charge in [-0.15, -0.1) is 0 Å². The second-order valence-electron chi connectivity index (χ2n) is 9.35.